The fourth-order valence-corrected chi connectivity index (χ4v) is 2.85. The van der Waals surface area contributed by atoms with Crippen molar-refractivity contribution in [3.63, 3.8) is 0 Å². The largest absolute Gasteiger partial charge is 0.462 e. The number of amides is 1. The zero-order chi connectivity index (χ0) is 13.6. The van der Waals surface area contributed by atoms with Crippen LogP contribution >= 0.6 is 0 Å². The summed E-state index contributed by atoms with van der Waals surface area (Å²) in [6.07, 6.45) is 1.91. The maximum atomic E-state index is 13.9. The van der Waals surface area contributed by atoms with Crippen LogP contribution in [0.3, 0.4) is 0 Å². The molecule has 5 nitrogen and oxygen atoms in total. The van der Waals surface area contributed by atoms with Gasteiger partial charge < -0.3 is 10.5 Å². The molecule has 0 spiro atoms. The van der Waals surface area contributed by atoms with E-state index < -0.39 is 5.82 Å². The first kappa shape index (κ1) is 12.2. The molecule has 4 bridgehead atoms. The number of fused-ring (bicyclic) bond motifs is 4. The number of hydroxylamine groups is 2. The second-order valence-electron chi connectivity index (χ2n) is 4.87. The normalized spacial score (nSPS) is 21.4. The number of ether oxygens (including phenoxy) is 1. The third kappa shape index (κ3) is 1.92. The van der Waals surface area contributed by atoms with Crippen LogP contribution in [0.25, 0.3) is 0 Å². The van der Waals surface area contributed by atoms with Crippen LogP contribution in [0.15, 0.2) is 6.07 Å². The molecule has 0 saturated carbocycles. The highest BCUT2D eigenvalue weighted by Gasteiger charge is 2.33. The summed E-state index contributed by atoms with van der Waals surface area (Å²) in [4.78, 5) is 16.9. The molecule has 0 aromatic heterocycles. The van der Waals surface area contributed by atoms with Gasteiger partial charge in [0.05, 0.1) is 6.04 Å². The van der Waals surface area contributed by atoms with E-state index in [4.69, 9.17) is 15.3 Å². The minimum Gasteiger partial charge on any atom is -0.462 e. The van der Waals surface area contributed by atoms with E-state index in [1.54, 1.807) is 0 Å². The number of hydrogen-bond acceptors (Lipinski definition) is 4. The Morgan fingerprint density at radius 3 is 3.05 bits per heavy atom. The molecule has 0 fully saturated rings. The molecule has 2 heterocycles. The first-order valence-electron chi connectivity index (χ1n) is 6.23. The van der Waals surface area contributed by atoms with Crippen LogP contribution in [0.2, 0.25) is 0 Å². The summed E-state index contributed by atoms with van der Waals surface area (Å²) in [5, 5.41) is 1.32. The van der Waals surface area contributed by atoms with Gasteiger partial charge in [0, 0.05) is 24.2 Å². The number of nitrogen functional groups attached to an aromatic ring is 1. The van der Waals surface area contributed by atoms with E-state index in [9.17, 15) is 9.18 Å². The smallest absolute Gasteiger partial charge is 0.243 e. The van der Waals surface area contributed by atoms with E-state index in [2.05, 4.69) is 0 Å². The van der Waals surface area contributed by atoms with Gasteiger partial charge in [-0.1, -0.05) is 0 Å². The van der Waals surface area contributed by atoms with E-state index in [1.807, 2.05) is 0 Å². The van der Waals surface area contributed by atoms with Crippen molar-refractivity contribution >= 4 is 11.6 Å². The van der Waals surface area contributed by atoms with Crippen LogP contribution in [0, 0.1) is 5.82 Å². The number of nitrogens with zero attached hydrogens (tertiary/aromatic N) is 1. The van der Waals surface area contributed by atoms with Crippen LogP contribution < -0.4 is 10.5 Å². The van der Waals surface area contributed by atoms with Crippen molar-refractivity contribution in [2.45, 2.75) is 32.2 Å². The SMILES string of the molecule is CC(=O)N1OCOc2c(F)cc(N)c3c2CCC1C3. The number of carbonyl (C=O) groups excluding carboxylic acids is 1. The molecule has 2 N–H and O–H groups in total. The lowest BCUT2D eigenvalue weighted by molar-refractivity contribution is -0.221. The highest BCUT2D eigenvalue weighted by atomic mass is 19.1. The summed E-state index contributed by atoms with van der Waals surface area (Å²) in [5.41, 5.74) is 7.97. The Bertz CT molecular complexity index is 547. The van der Waals surface area contributed by atoms with E-state index in [0.29, 0.717) is 24.9 Å². The predicted octanol–water partition coefficient (Wildman–Crippen LogP) is 1.40. The van der Waals surface area contributed by atoms with Crippen LogP contribution in [0.1, 0.15) is 24.5 Å². The van der Waals surface area contributed by atoms with Crippen LogP contribution in [-0.4, -0.2) is 23.8 Å². The van der Waals surface area contributed by atoms with Gasteiger partial charge in [-0.15, -0.1) is 0 Å². The van der Waals surface area contributed by atoms with Crippen molar-refractivity contribution in [1.82, 2.24) is 5.06 Å². The number of halogens is 1. The van der Waals surface area contributed by atoms with Crippen molar-refractivity contribution < 1.29 is 18.8 Å². The summed E-state index contributed by atoms with van der Waals surface area (Å²) in [6, 6.07) is 1.20. The Labute approximate surface area is 110 Å². The number of nitrogens with two attached hydrogens (primary N) is 1. The Morgan fingerprint density at radius 1 is 1.53 bits per heavy atom. The molecule has 102 valence electrons. The minimum absolute atomic E-state index is 0.0766. The lowest BCUT2D eigenvalue weighted by atomic mass is 9.86. The second kappa shape index (κ2) is 4.38. The summed E-state index contributed by atoms with van der Waals surface area (Å²) in [5.74, 6) is -0.464. The molecule has 3 aliphatic rings. The number of carbonyl (C=O) groups is 1. The Hall–Kier alpha value is -1.82. The standard InChI is InChI=1S/C13H15FN2O3/c1-7(17)16-8-2-3-9-10(4-8)12(15)5-11(14)13(9)18-6-19-16/h5,8H,2-4,6,15H2,1H3. The third-order valence-electron chi connectivity index (χ3n) is 3.69. The van der Waals surface area contributed by atoms with E-state index >= 15 is 0 Å². The molecule has 1 aliphatic carbocycles. The maximum absolute atomic E-state index is 13.9. The summed E-state index contributed by atoms with van der Waals surface area (Å²) in [6.45, 7) is 1.26. The van der Waals surface area contributed by atoms with Gasteiger partial charge in [0.15, 0.2) is 11.6 Å². The average molecular weight is 266 g/mol. The zero-order valence-electron chi connectivity index (χ0n) is 10.6. The van der Waals surface area contributed by atoms with Crippen LogP contribution in [0.5, 0.6) is 5.75 Å². The van der Waals surface area contributed by atoms with Crippen LogP contribution in [-0.2, 0) is 22.5 Å². The number of anilines is 1. The van der Waals surface area contributed by atoms with Crippen molar-refractivity contribution in [1.29, 1.82) is 0 Å². The predicted molar refractivity (Wildman–Crippen MR) is 65.7 cm³/mol. The first-order chi connectivity index (χ1) is 9.08. The average Bonchev–Trinajstić information content (AvgIpc) is 2.49. The molecule has 1 amide bonds. The third-order valence-corrected chi connectivity index (χ3v) is 3.69. The molecule has 19 heavy (non-hydrogen) atoms. The minimum atomic E-state index is -0.477. The quantitative estimate of drug-likeness (QED) is 0.721. The number of hydrogen-bond donors (Lipinski definition) is 1. The Balaban J connectivity index is 2.10. The molecule has 4 rings (SSSR count). The molecule has 6 heteroatoms. The lowest BCUT2D eigenvalue weighted by Gasteiger charge is -2.31. The van der Waals surface area contributed by atoms with Gasteiger partial charge >= 0.3 is 0 Å². The molecule has 1 aromatic rings. The topological polar surface area (TPSA) is 64.8 Å². The molecule has 1 atom stereocenters. The number of rotatable bonds is 0. The Morgan fingerprint density at radius 2 is 2.32 bits per heavy atom. The van der Waals surface area contributed by atoms with E-state index in [0.717, 1.165) is 11.1 Å². The second-order valence-corrected chi connectivity index (χ2v) is 4.87. The van der Waals surface area contributed by atoms with E-state index in [1.165, 1.54) is 18.1 Å². The fourth-order valence-electron chi connectivity index (χ4n) is 2.85. The lowest BCUT2D eigenvalue weighted by Crippen LogP contribution is -2.42. The molecule has 1 unspecified atom stereocenters. The fraction of sp³-hybridized carbons (Fsp3) is 0.462. The van der Waals surface area contributed by atoms with Crippen molar-refractivity contribution in [2.24, 2.45) is 0 Å². The van der Waals surface area contributed by atoms with Gasteiger partial charge in [-0.05, 0) is 24.8 Å². The molecular weight excluding hydrogens is 251 g/mol. The molecule has 0 radical (unpaired) electrons. The van der Waals surface area contributed by atoms with Crippen LogP contribution in [0.4, 0.5) is 10.1 Å². The molecule has 2 aliphatic heterocycles. The summed E-state index contributed by atoms with van der Waals surface area (Å²) in [7, 11) is 0. The molecular formula is C13H15FN2O3. The molecule has 0 saturated heterocycles. The first-order valence-corrected chi connectivity index (χ1v) is 6.23. The summed E-state index contributed by atoms with van der Waals surface area (Å²) >= 11 is 0. The maximum Gasteiger partial charge on any atom is 0.243 e. The van der Waals surface area contributed by atoms with Gasteiger partial charge in [0.25, 0.3) is 0 Å². The summed E-state index contributed by atoms with van der Waals surface area (Å²) < 4.78 is 19.2. The highest BCUT2D eigenvalue weighted by molar-refractivity contribution is 5.72. The van der Waals surface area contributed by atoms with Gasteiger partial charge in [-0.3, -0.25) is 4.79 Å². The van der Waals surface area contributed by atoms with E-state index in [-0.39, 0.29) is 24.5 Å². The monoisotopic (exact) mass is 266 g/mol. The van der Waals surface area contributed by atoms with Gasteiger partial charge in [-0.25, -0.2) is 14.3 Å². The van der Waals surface area contributed by atoms with Gasteiger partial charge in [0.1, 0.15) is 0 Å². The van der Waals surface area contributed by atoms with Crippen molar-refractivity contribution in [3.8, 4) is 5.75 Å². The van der Waals surface area contributed by atoms with Gasteiger partial charge in [-0.2, -0.15) is 0 Å². The van der Waals surface area contributed by atoms with Gasteiger partial charge in [0.2, 0.25) is 12.7 Å². The van der Waals surface area contributed by atoms with Crippen molar-refractivity contribution in [2.75, 3.05) is 12.5 Å². The Kier molecular flexibility index (Phi) is 2.82. The zero-order valence-corrected chi connectivity index (χ0v) is 10.6. The highest BCUT2D eigenvalue weighted by Crippen LogP contribution is 2.38. The molecule has 1 aromatic carbocycles. The number of benzene rings is 1. The van der Waals surface area contributed by atoms with Crippen molar-refractivity contribution in [3.05, 3.63) is 23.0 Å².